The number of benzene rings is 1. The number of carbonyl (C=O) groups is 2. The quantitative estimate of drug-likeness (QED) is 0.875. The fourth-order valence-corrected chi connectivity index (χ4v) is 3.16. The molecule has 0 aliphatic carbocycles. The van der Waals surface area contributed by atoms with Crippen LogP contribution < -0.4 is 5.32 Å². The standard InChI is InChI=1S/C21H32N2O3/c1-6-18(16-9-7-15(2)8-10-16)22-19(24)17-11-13-23(14-12-17)20(25)26-21(3,4)5/h7-10,17-18H,6,11-14H2,1-5H3,(H,22,24). The van der Waals surface area contributed by atoms with Crippen molar-refractivity contribution in [2.45, 2.75) is 65.5 Å². The summed E-state index contributed by atoms with van der Waals surface area (Å²) in [5.74, 6) is 0.0365. The number of nitrogens with one attached hydrogen (secondary N) is 1. The number of nitrogens with zero attached hydrogens (tertiary/aromatic N) is 1. The van der Waals surface area contributed by atoms with E-state index in [9.17, 15) is 9.59 Å². The lowest BCUT2D eigenvalue weighted by Crippen LogP contribution is -2.45. The van der Waals surface area contributed by atoms with Crippen LogP contribution in [0.5, 0.6) is 0 Å². The first-order valence-corrected chi connectivity index (χ1v) is 9.54. The highest BCUT2D eigenvalue weighted by Gasteiger charge is 2.30. The van der Waals surface area contributed by atoms with Crippen LogP contribution in [0.15, 0.2) is 24.3 Å². The second kappa shape index (κ2) is 8.56. The molecule has 1 heterocycles. The number of ether oxygens (including phenoxy) is 1. The molecule has 1 unspecified atom stereocenters. The lowest BCUT2D eigenvalue weighted by Gasteiger charge is -2.33. The van der Waals surface area contributed by atoms with Gasteiger partial charge in [0.2, 0.25) is 5.91 Å². The van der Waals surface area contributed by atoms with Crippen LogP contribution in [0.2, 0.25) is 0 Å². The lowest BCUT2D eigenvalue weighted by atomic mass is 9.94. The van der Waals surface area contributed by atoms with E-state index in [-0.39, 0.29) is 24.0 Å². The van der Waals surface area contributed by atoms with Crippen molar-refractivity contribution in [3.05, 3.63) is 35.4 Å². The Balaban J connectivity index is 1.87. The van der Waals surface area contributed by atoms with Crippen LogP contribution in [0.3, 0.4) is 0 Å². The number of aryl methyl sites for hydroxylation is 1. The van der Waals surface area contributed by atoms with Gasteiger partial charge in [0, 0.05) is 19.0 Å². The van der Waals surface area contributed by atoms with Crippen molar-refractivity contribution in [3.63, 3.8) is 0 Å². The van der Waals surface area contributed by atoms with Gasteiger partial charge in [-0.1, -0.05) is 36.8 Å². The van der Waals surface area contributed by atoms with E-state index in [1.807, 2.05) is 20.8 Å². The van der Waals surface area contributed by atoms with E-state index in [1.165, 1.54) is 5.56 Å². The normalized spacial score (nSPS) is 16.9. The molecule has 5 nitrogen and oxygen atoms in total. The van der Waals surface area contributed by atoms with Crippen molar-refractivity contribution < 1.29 is 14.3 Å². The zero-order valence-electron chi connectivity index (χ0n) is 16.7. The topological polar surface area (TPSA) is 58.6 Å². The maximum absolute atomic E-state index is 12.7. The minimum atomic E-state index is -0.492. The Morgan fingerprint density at radius 1 is 1.19 bits per heavy atom. The number of hydrogen-bond acceptors (Lipinski definition) is 3. The summed E-state index contributed by atoms with van der Waals surface area (Å²) in [7, 11) is 0. The van der Waals surface area contributed by atoms with Crippen molar-refractivity contribution in [2.24, 2.45) is 5.92 Å². The summed E-state index contributed by atoms with van der Waals surface area (Å²) in [6.45, 7) is 10.9. The van der Waals surface area contributed by atoms with Gasteiger partial charge in [-0.25, -0.2) is 4.79 Å². The third kappa shape index (κ3) is 5.75. The van der Waals surface area contributed by atoms with Crippen LogP contribution in [-0.2, 0) is 9.53 Å². The molecule has 1 atom stereocenters. The van der Waals surface area contributed by atoms with Crippen molar-refractivity contribution in [3.8, 4) is 0 Å². The molecule has 1 aliphatic rings. The largest absolute Gasteiger partial charge is 0.444 e. The lowest BCUT2D eigenvalue weighted by molar-refractivity contribution is -0.127. The van der Waals surface area contributed by atoms with Gasteiger partial charge in [0.25, 0.3) is 0 Å². The molecule has 1 aromatic rings. The first-order valence-electron chi connectivity index (χ1n) is 9.54. The van der Waals surface area contributed by atoms with Crippen molar-refractivity contribution in [2.75, 3.05) is 13.1 Å². The number of piperidine rings is 1. The van der Waals surface area contributed by atoms with E-state index >= 15 is 0 Å². The Hall–Kier alpha value is -2.04. The minimum Gasteiger partial charge on any atom is -0.444 e. The van der Waals surface area contributed by atoms with Crippen molar-refractivity contribution in [1.29, 1.82) is 0 Å². The van der Waals surface area contributed by atoms with Crippen molar-refractivity contribution in [1.82, 2.24) is 10.2 Å². The van der Waals surface area contributed by atoms with Gasteiger partial charge in [-0.3, -0.25) is 4.79 Å². The SMILES string of the molecule is CCC(NC(=O)C1CCN(C(=O)OC(C)(C)C)CC1)c1ccc(C)cc1. The average Bonchev–Trinajstić information content (AvgIpc) is 2.59. The predicted molar refractivity (Wildman–Crippen MR) is 103 cm³/mol. The van der Waals surface area contributed by atoms with Gasteiger partial charge in [-0.15, -0.1) is 0 Å². The fraction of sp³-hybridized carbons (Fsp3) is 0.619. The average molecular weight is 360 g/mol. The van der Waals surface area contributed by atoms with Gasteiger partial charge in [0.05, 0.1) is 6.04 Å². The maximum atomic E-state index is 12.7. The van der Waals surface area contributed by atoms with Gasteiger partial charge >= 0.3 is 6.09 Å². The van der Waals surface area contributed by atoms with E-state index in [0.29, 0.717) is 25.9 Å². The van der Waals surface area contributed by atoms with Gasteiger partial charge < -0.3 is 15.0 Å². The summed E-state index contributed by atoms with van der Waals surface area (Å²) in [6, 6.07) is 8.34. The molecular formula is C21H32N2O3. The van der Waals surface area contributed by atoms with Crippen LogP contribution in [0.4, 0.5) is 4.79 Å². The summed E-state index contributed by atoms with van der Waals surface area (Å²) in [5, 5.41) is 3.18. The first-order chi connectivity index (χ1) is 12.2. The molecule has 1 N–H and O–H groups in total. The summed E-state index contributed by atoms with van der Waals surface area (Å²) >= 11 is 0. The van der Waals surface area contributed by atoms with Crippen LogP contribution in [0.25, 0.3) is 0 Å². The summed E-state index contributed by atoms with van der Waals surface area (Å²) in [5.41, 5.74) is 1.86. The van der Waals surface area contributed by atoms with Crippen LogP contribution in [0, 0.1) is 12.8 Å². The number of rotatable bonds is 4. The molecule has 0 radical (unpaired) electrons. The molecule has 144 valence electrons. The van der Waals surface area contributed by atoms with E-state index in [0.717, 1.165) is 12.0 Å². The van der Waals surface area contributed by atoms with Crippen LogP contribution in [0.1, 0.15) is 64.1 Å². The highest BCUT2D eigenvalue weighted by Crippen LogP contribution is 2.23. The van der Waals surface area contributed by atoms with E-state index in [4.69, 9.17) is 4.74 Å². The molecule has 0 saturated carbocycles. The molecule has 1 fully saturated rings. The molecular weight excluding hydrogens is 328 g/mol. The second-order valence-corrected chi connectivity index (χ2v) is 8.12. The molecule has 1 aromatic carbocycles. The second-order valence-electron chi connectivity index (χ2n) is 8.12. The Morgan fingerprint density at radius 2 is 1.77 bits per heavy atom. The first kappa shape index (κ1) is 20.3. The van der Waals surface area contributed by atoms with E-state index < -0.39 is 5.60 Å². The number of carbonyl (C=O) groups excluding carboxylic acids is 2. The Kier molecular flexibility index (Phi) is 6.68. The zero-order chi connectivity index (χ0) is 19.3. The predicted octanol–water partition coefficient (Wildman–Crippen LogP) is 4.21. The highest BCUT2D eigenvalue weighted by molar-refractivity contribution is 5.79. The van der Waals surface area contributed by atoms with Crippen LogP contribution >= 0.6 is 0 Å². The van der Waals surface area contributed by atoms with Gasteiger partial charge in [-0.05, 0) is 52.5 Å². The van der Waals surface area contributed by atoms with Crippen LogP contribution in [-0.4, -0.2) is 35.6 Å². The molecule has 0 bridgehead atoms. The van der Waals surface area contributed by atoms with E-state index in [1.54, 1.807) is 4.90 Å². The highest BCUT2D eigenvalue weighted by atomic mass is 16.6. The Labute approximate surface area is 157 Å². The van der Waals surface area contributed by atoms with Gasteiger partial charge in [-0.2, -0.15) is 0 Å². The number of likely N-dealkylation sites (tertiary alicyclic amines) is 1. The zero-order valence-corrected chi connectivity index (χ0v) is 16.7. The molecule has 5 heteroatoms. The number of hydrogen-bond donors (Lipinski definition) is 1. The Bertz CT molecular complexity index is 611. The molecule has 0 spiro atoms. The maximum Gasteiger partial charge on any atom is 0.410 e. The van der Waals surface area contributed by atoms with Gasteiger partial charge in [0.1, 0.15) is 5.60 Å². The van der Waals surface area contributed by atoms with Gasteiger partial charge in [0.15, 0.2) is 0 Å². The molecule has 1 saturated heterocycles. The Morgan fingerprint density at radius 3 is 2.27 bits per heavy atom. The third-order valence-corrected chi connectivity index (χ3v) is 4.72. The monoisotopic (exact) mass is 360 g/mol. The molecule has 2 amide bonds. The minimum absolute atomic E-state index is 0.0342. The summed E-state index contributed by atoms with van der Waals surface area (Å²) in [4.78, 5) is 26.5. The third-order valence-electron chi connectivity index (χ3n) is 4.72. The molecule has 26 heavy (non-hydrogen) atoms. The molecule has 1 aliphatic heterocycles. The fourth-order valence-electron chi connectivity index (χ4n) is 3.16. The summed E-state index contributed by atoms with van der Waals surface area (Å²) in [6.07, 6.45) is 1.92. The summed E-state index contributed by atoms with van der Waals surface area (Å²) < 4.78 is 5.41. The molecule has 0 aromatic heterocycles. The number of amides is 2. The van der Waals surface area contributed by atoms with E-state index in [2.05, 4.69) is 43.4 Å². The molecule has 2 rings (SSSR count). The smallest absolute Gasteiger partial charge is 0.410 e. The van der Waals surface area contributed by atoms with Crippen molar-refractivity contribution >= 4 is 12.0 Å².